The van der Waals surface area contributed by atoms with Crippen molar-refractivity contribution in [3.05, 3.63) is 48.4 Å². The Morgan fingerprint density at radius 3 is 2.59 bits per heavy atom. The molecule has 0 saturated carbocycles. The molecule has 0 aliphatic carbocycles. The minimum absolute atomic E-state index is 0.113. The normalized spacial score (nSPS) is 12.2. The zero-order chi connectivity index (χ0) is 12.0. The third-order valence-electron chi connectivity index (χ3n) is 3.17. The molecule has 80 valence electrons. The summed E-state index contributed by atoms with van der Waals surface area (Å²) < 4.78 is 2.20. The summed E-state index contributed by atoms with van der Waals surface area (Å²) in [7, 11) is 6.64. The number of hydrogen-bond acceptors (Lipinski definition) is 1. The lowest BCUT2D eigenvalue weighted by Gasteiger charge is -2.17. The summed E-state index contributed by atoms with van der Waals surface area (Å²) in [6.07, 6.45) is 4.10. The van der Waals surface area contributed by atoms with Gasteiger partial charge in [0.05, 0.1) is 23.5 Å². The van der Waals surface area contributed by atoms with Gasteiger partial charge in [0.1, 0.15) is 5.65 Å². The van der Waals surface area contributed by atoms with Gasteiger partial charge < -0.3 is 4.40 Å². The van der Waals surface area contributed by atoms with Crippen molar-refractivity contribution in [2.24, 2.45) is 0 Å². The number of imidazole rings is 1. The lowest BCUT2D eigenvalue weighted by Crippen LogP contribution is -2.28. The molecule has 3 aromatic rings. The van der Waals surface area contributed by atoms with Crippen LogP contribution in [0, 0.1) is 0 Å². The van der Waals surface area contributed by atoms with Crippen LogP contribution in [0.1, 0.15) is 5.69 Å². The van der Waals surface area contributed by atoms with Gasteiger partial charge in [0, 0.05) is 23.5 Å². The summed E-state index contributed by atoms with van der Waals surface area (Å²) in [5, 5.41) is 2.57. The Kier molecular flexibility index (Phi) is 2.12. The van der Waals surface area contributed by atoms with E-state index in [0.717, 1.165) is 5.65 Å². The third-order valence-corrected chi connectivity index (χ3v) is 3.17. The Balaban J connectivity index is 2.43. The van der Waals surface area contributed by atoms with Crippen LogP contribution < -0.4 is 0 Å². The standard InChI is InChI=1S/C12H13B3N2/c13-12(14,15)10-7-16-11-9-4-2-1-3-8(9)5-6-17(10)11/h1-7H,13-15H2. The van der Waals surface area contributed by atoms with Crippen molar-refractivity contribution in [3.63, 3.8) is 0 Å². The quantitative estimate of drug-likeness (QED) is 0.503. The van der Waals surface area contributed by atoms with E-state index in [9.17, 15) is 0 Å². The first-order valence-electron chi connectivity index (χ1n) is 5.93. The van der Waals surface area contributed by atoms with Crippen molar-refractivity contribution in [1.29, 1.82) is 0 Å². The highest BCUT2D eigenvalue weighted by molar-refractivity contribution is 6.58. The number of aromatic nitrogens is 2. The Morgan fingerprint density at radius 1 is 1.06 bits per heavy atom. The average Bonchev–Trinajstić information content (AvgIpc) is 2.72. The molecule has 0 amide bonds. The maximum Gasteiger partial charge on any atom is 0.144 e. The fourth-order valence-corrected chi connectivity index (χ4v) is 2.27. The number of fused-ring (bicyclic) bond motifs is 3. The van der Waals surface area contributed by atoms with Crippen molar-refractivity contribution >= 4 is 40.0 Å². The van der Waals surface area contributed by atoms with Gasteiger partial charge in [0.15, 0.2) is 0 Å². The van der Waals surface area contributed by atoms with E-state index in [1.165, 1.54) is 16.5 Å². The highest BCUT2D eigenvalue weighted by Gasteiger charge is 2.19. The monoisotopic (exact) mass is 218 g/mol. The van der Waals surface area contributed by atoms with E-state index >= 15 is 0 Å². The molecule has 0 fully saturated rings. The van der Waals surface area contributed by atoms with Crippen LogP contribution in [0.4, 0.5) is 0 Å². The summed E-state index contributed by atoms with van der Waals surface area (Å²) in [6.45, 7) is 0. The average molecular weight is 218 g/mol. The molecule has 0 spiro atoms. The van der Waals surface area contributed by atoms with Gasteiger partial charge in [-0.05, 0) is 11.5 Å². The molecular weight excluding hydrogens is 205 g/mol. The number of hydrogen-bond donors (Lipinski definition) is 0. The van der Waals surface area contributed by atoms with Crippen LogP contribution in [0.3, 0.4) is 0 Å². The first-order chi connectivity index (χ1) is 8.07. The van der Waals surface area contributed by atoms with Gasteiger partial charge in [-0.3, -0.25) is 0 Å². The first kappa shape index (κ1) is 10.5. The van der Waals surface area contributed by atoms with Gasteiger partial charge in [-0.2, -0.15) is 0 Å². The molecule has 0 bridgehead atoms. The van der Waals surface area contributed by atoms with Gasteiger partial charge in [-0.25, -0.2) is 4.98 Å². The molecule has 5 heteroatoms. The zero-order valence-electron chi connectivity index (χ0n) is 10.4. The van der Waals surface area contributed by atoms with Crippen molar-refractivity contribution in [2.45, 2.75) is 5.11 Å². The largest absolute Gasteiger partial charge is 0.305 e. The minimum Gasteiger partial charge on any atom is -0.305 e. The highest BCUT2D eigenvalue weighted by Crippen LogP contribution is 2.22. The molecule has 17 heavy (non-hydrogen) atoms. The first-order valence-corrected chi connectivity index (χ1v) is 5.93. The van der Waals surface area contributed by atoms with Crippen molar-refractivity contribution < 1.29 is 0 Å². The molecule has 3 rings (SSSR count). The molecule has 0 saturated heterocycles. The number of rotatable bonds is 1. The fraction of sp³-hybridized carbons (Fsp3) is 0.0833. The van der Waals surface area contributed by atoms with Crippen LogP contribution in [0.15, 0.2) is 42.7 Å². The molecule has 2 nitrogen and oxygen atoms in total. The molecular formula is C12H13B3N2. The van der Waals surface area contributed by atoms with Gasteiger partial charge in [-0.1, -0.05) is 29.4 Å². The molecule has 0 atom stereocenters. The fourth-order valence-electron chi connectivity index (χ4n) is 2.27. The lowest BCUT2D eigenvalue weighted by molar-refractivity contribution is 1.03. The molecule has 0 aliphatic heterocycles. The molecule has 0 N–H and O–H groups in total. The molecule has 2 heterocycles. The maximum absolute atomic E-state index is 4.58. The topological polar surface area (TPSA) is 17.3 Å². The maximum atomic E-state index is 4.58. The SMILES string of the molecule is BC(B)(B)c1cnc2c3ccccc3ccn12. The van der Waals surface area contributed by atoms with Crippen molar-refractivity contribution in [2.75, 3.05) is 0 Å². The van der Waals surface area contributed by atoms with Crippen molar-refractivity contribution in [3.8, 4) is 0 Å². The predicted molar refractivity (Wildman–Crippen MR) is 80.0 cm³/mol. The summed E-state index contributed by atoms with van der Waals surface area (Å²) >= 11 is 0. The van der Waals surface area contributed by atoms with Gasteiger partial charge in [0.25, 0.3) is 0 Å². The van der Waals surface area contributed by atoms with E-state index in [1.54, 1.807) is 0 Å². The van der Waals surface area contributed by atoms with Crippen LogP contribution in [0.5, 0.6) is 0 Å². The summed E-state index contributed by atoms with van der Waals surface area (Å²) in [5.74, 6) is 0. The molecule has 0 unspecified atom stereocenters. The Morgan fingerprint density at radius 2 is 1.82 bits per heavy atom. The molecule has 0 aliphatic rings. The van der Waals surface area contributed by atoms with Gasteiger partial charge >= 0.3 is 0 Å². The molecule has 1 aromatic carbocycles. The second-order valence-corrected chi connectivity index (χ2v) is 5.49. The summed E-state index contributed by atoms with van der Waals surface area (Å²) in [4.78, 5) is 4.58. The van der Waals surface area contributed by atoms with Crippen LogP contribution >= 0.6 is 0 Å². The van der Waals surface area contributed by atoms with E-state index < -0.39 is 0 Å². The van der Waals surface area contributed by atoms with E-state index in [-0.39, 0.29) is 5.11 Å². The summed E-state index contributed by atoms with van der Waals surface area (Å²) in [5.41, 5.74) is 2.30. The zero-order valence-corrected chi connectivity index (χ0v) is 10.4. The van der Waals surface area contributed by atoms with Crippen LogP contribution in [-0.4, -0.2) is 32.9 Å². The minimum atomic E-state index is 0.113. The van der Waals surface area contributed by atoms with E-state index in [0.29, 0.717) is 0 Å². The second kappa shape index (κ2) is 3.43. The molecule has 2 aromatic heterocycles. The smallest absolute Gasteiger partial charge is 0.144 e. The number of nitrogens with zero attached hydrogens (tertiary/aromatic N) is 2. The predicted octanol–water partition coefficient (Wildman–Crippen LogP) is -0.503. The van der Waals surface area contributed by atoms with Gasteiger partial charge in [0.2, 0.25) is 0 Å². The lowest BCUT2D eigenvalue weighted by atomic mass is 9.41. The van der Waals surface area contributed by atoms with Crippen LogP contribution in [0.2, 0.25) is 0 Å². The molecule has 0 radical (unpaired) electrons. The van der Waals surface area contributed by atoms with E-state index in [2.05, 4.69) is 69.5 Å². The van der Waals surface area contributed by atoms with Crippen molar-refractivity contribution in [1.82, 2.24) is 9.38 Å². The van der Waals surface area contributed by atoms with Gasteiger partial charge in [-0.15, -0.1) is 0 Å². The van der Waals surface area contributed by atoms with Crippen LogP contribution in [0.25, 0.3) is 16.4 Å². The van der Waals surface area contributed by atoms with Crippen LogP contribution in [-0.2, 0) is 5.11 Å². The Bertz CT molecular complexity index is 698. The second-order valence-electron chi connectivity index (χ2n) is 5.49. The Labute approximate surface area is 103 Å². The third kappa shape index (κ3) is 1.57. The van der Waals surface area contributed by atoms with E-state index in [4.69, 9.17) is 0 Å². The number of pyridine rings is 1. The number of benzene rings is 1. The highest BCUT2D eigenvalue weighted by atomic mass is 15.0. The Hall–Kier alpha value is -1.64. The van der Waals surface area contributed by atoms with E-state index in [1.807, 2.05) is 6.20 Å². The summed E-state index contributed by atoms with van der Waals surface area (Å²) in [6, 6.07) is 10.5.